The molecule has 0 spiro atoms. The minimum Gasteiger partial charge on any atom is -0.443 e. The Balaban J connectivity index is 1.60. The van der Waals surface area contributed by atoms with Crippen molar-refractivity contribution in [3.05, 3.63) is 53.5 Å². The average Bonchev–Trinajstić information content (AvgIpc) is 3.29. The number of carbonyl (C=O) groups is 1. The number of amides is 1. The molecule has 3 rings (SSSR count). The van der Waals surface area contributed by atoms with Gasteiger partial charge in [0.15, 0.2) is 0 Å². The van der Waals surface area contributed by atoms with Gasteiger partial charge in [0.1, 0.15) is 24.2 Å². The smallest absolute Gasteiger partial charge is 0.249 e. The van der Waals surface area contributed by atoms with Crippen LogP contribution in [0, 0.1) is 5.82 Å². The lowest BCUT2D eigenvalue weighted by Gasteiger charge is -2.22. The van der Waals surface area contributed by atoms with Gasteiger partial charge in [-0.3, -0.25) is 4.79 Å². The number of rotatable bonds is 8. The summed E-state index contributed by atoms with van der Waals surface area (Å²) in [7, 11) is 1.59. The van der Waals surface area contributed by atoms with Crippen LogP contribution in [0.4, 0.5) is 4.39 Å². The van der Waals surface area contributed by atoms with Crippen molar-refractivity contribution in [2.45, 2.75) is 25.3 Å². The van der Waals surface area contributed by atoms with Crippen LogP contribution < -0.4 is 0 Å². The normalized spacial score (nSPS) is 17.0. The summed E-state index contributed by atoms with van der Waals surface area (Å²) in [5.41, 5.74) is 0.944. The minimum absolute atomic E-state index is 0.0308. The Hall–Kier alpha value is -2.25. The molecule has 0 N–H and O–H groups in total. The molecule has 0 saturated carbocycles. The highest BCUT2D eigenvalue weighted by Crippen LogP contribution is 2.32. The summed E-state index contributed by atoms with van der Waals surface area (Å²) in [6.07, 6.45) is 3.94. The highest BCUT2D eigenvalue weighted by Gasteiger charge is 2.33. The second-order valence-electron chi connectivity index (χ2n) is 6.26. The fourth-order valence-electron chi connectivity index (χ4n) is 3.07. The van der Waals surface area contributed by atoms with Crippen molar-refractivity contribution in [1.29, 1.82) is 0 Å². The van der Waals surface area contributed by atoms with Crippen molar-refractivity contribution in [2.24, 2.45) is 0 Å². The van der Waals surface area contributed by atoms with Crippen LogP contribution in [0.15, 0.2) is 34.9 Å². The Morgan fingerprint density at radius 1 is 1.35 bits per heavy atom. The highest BCUT2D eigenvalue weighted by molar-refractivity contribution is 5.78. The topological polar surface area (TPSA) is 64.8 Å². The van der Waals surface area contributed by atoms with Gasteiger partial charge in [0, 0.05) is 20.1 Å². The van der Waals surface area contributed by atoms with E-state index in [-0.39, 0.29) is 24.4 Å². The van der Waals surface area contributed by atoms with E-state index in [0.717, 1.165) is 18.4 Å². The van der Waals surface area contributed by atoms with Crippen molar-refractivity contribution in [3.63, 3.8) is 0 Å². The molecular weight excluding hydrogens is 339 g/mol. The third-order valence-electron chi connectivity index (χ3n) is 4.38. The Morgan fingerprint density at radius 2 is 2.15 bits per heavy atom. The van der Waals surface area contributed by atoms with Gasteiger partial charge in [-0.05, 0) is 30.5 Å². The standard InChI is InChI=1S/C19H23FN2O4/c1-24-9-10-25-13-18(23)22-8-2-3-17(22)19-21-12-16(26-19)11-14-4-6-15(20)7-5-14/h4-7,12,17H,2-3,8-11,13H2,1H3/t17-/m1/s1. The fourth-order valence-corrected chi connectivity index (χ4v) is 3.07. The van der Waals surface area contributed by atoms with Gasteiger partial charge >= 0.3 is 0 Å². The largest absolute Gasteiger partial charge is 0.443 e. The second-order valence-corrected chi connectivity index (χ2v) is 6.26. The molecule has 1 aromatic carbocycles. The van der Waals surface area contributed by atoms with Gasteiger partial charge in [0.25, 0.3) is 0 Å². The van der Waals surface area contributed by atoms with Gasteiger partial charge in [-0.25, -0.2) is 9.37 Å². The minimum atomic E-state index is -0.264. The van der Waals surface area contributed by atoms with Crippen LogP contribution in [-0.4, -0.2) is 49.3 Å². The molecule has 1 saturated heterocycles. The number of nitrogens with zero attached hydrogens (tertiary/aromatic N) is 2. The lowest BCUT2D eigenvalue weighted by Crippen LogP contribution is -2.34. The Labute approximate surface area is 151 Å². The third-order valence-corrected chi connectivity index (χ3v) is 4.38. The van der Waals surface area contributed by atoms with E-state index in [2.05, 4.69) is 4.98 Å². The number of oxazole rings is 1. The predicted molar refractivity (Wildman–Crippen MR) is 92.1 cm³/mol. The zero-order chi connectivity index (χ0) is 18.4. The van der Waals surface area contributed by atoms with Crippen molar-refractivity contribution in [1.82, 2.24) is 9.88 Å². The lowest BCUT2D eigenvalue weighted by molar-refractivity contribution is -0.137. The van der Waals surface area contributed by atoms with Gasteiger partial charge in [-0.2, -0.15) is 0 Å². The molecule has 0 radical (unpaired) electrons. The molecule has 1 aliphatic rings. The molecule has 0 unspecified atom stereocenters. The van der Waals surface area contributed by atoms with Crippen molar-refractivity contribution < 1.29 is 23.1 Å². The zero-order valence-corrected chi connectivity index (χ0v) is 14.8. The van der Waals surface area contributed by atoms with Crippen molar-refractivity contribution >= 4 is 5.91 Å². The maximum Gasteiger partial charge on any atom is 0.249 e. The lowest BCUT2D eigenvalue weighted by atomic mass is 10.1. The number of carbonyl (C=O) groups excluding carboxylic acids is 1. The summed E-state index contributed by atoms with van der Waals surface area (Å²) >= 11 is 0. The number of hydrogen-bond acceptors (Lipinski definition) is 5. The number of aromatic nitrogens is 1. The van der Waals surface area contributed by atoms with Gasteiger partial charge in [-0.1, -0.05) is 12.1 Å². The highest BCUT2D eigenvalue weighted by atomic mass is 19.1. The van der Waals surface area contributed by atoms with E-state index in [1.807, 2.05) is 0 Å². The second kappa shape index (κ2) is 8.91. The molecule has 2 heterocycles. The van der Waals surface area contributed by atoms with E-state index >= 15 is 0 Å². The molecule has 0 aliphatic carbocycles. The summed E-state index contributed by atoms with van der Waals surface area (Å²) in [6.45, 7) is 1.56. The zero-order valence-electron chi connectivity index (χ0n) is 14.8. The summed E-state index contributed by atoms with van der Waals surface area (Å²) in [5.74, 6) is 0.911. The molecule has 26 heavy (non-hydrogen) atoms. The maximum atomic E-state index is 13.0. The number of benzene rings is 1. The van der Waals surface area contributed by atoms with Crippen LogP contribution in [-0.2, 0) is 20.7 Å². The Morgan fingerprint density at radius 3 is 2.92 bits per heavy atom. The quantitative estimate of drug-likeness (QED) is 0.676. The molecular formula is C19H23FN2O4. The van der Waals surface area contributed by atoms with Crippen LogP contribution in [0.2, 0.25) is 0 Å². The van der Waals surface area contributed by atoms with Crippen LogP contribution in [0.5, 0.6) is 0 Å². The number of methoxy groups -OCH3 is 1. The number of likely N-dealkylation sites (tertiary alicyclic amines) is 1. The van der Waals surface area contributed by atoms with E-state index in [0.29, 0.717) is 37.8 Å². The van der Waals surface area contributed by atoms with E-state index in [9.17, 15) is 9.18 Å². The fraction of sp³-hybridized carbons (Fsp3) is 0.474. The summed E-state index contributed by atoms with van der Waals surface area (Å²) in [4.78, 5) is 18.5. The SMILES string of the molecule is COCCOCC(=O)N1CCC[C@@H]1c1ncc(Cc2ccc(F)cc2)o1. The summed E-state index contributed by atoms with van der Waals surface area (Å²) in [6, 6.07) is 6.14. The molecule has 1 atom stereocenters. The van der Waals surface area contributed by atoms with Crippen molar-refractivity contribution in [3.8, 4) is 0 Å². The molecule has 140 valence electrons. The van der Waals surface area contributed by atoms with Crippen molar-refractivity contribution in [2.75, 3.05) is 33.5 Å². The van der Waals surface area contributed by atoms with Gasteiger partial charge in [0.05, 0.1) is 19.4 Å². The summed E-state index contributed by atoms with van der Waals surface area (Å²) < 4.78 is 29.1. The molecule has 2 aromatic rings. The molecule has 6 nitrogen and oxygen atoms in total. The molecule has 0 bridgehead atoms. The number of halogens is 1. The molecule has 1 fully saturated rings. The predicted octanol–water partition coefficient (Wildman–Crippen LogP) is 2.73. The van der Waals surface area contributed by atoms with E-state index in [4.69, 9.17) is 13.9 Å². The molecule has 7 heteroatoms. The summed E-state index contributed by atoms with van der Waals surface area (Å²) in [5, 5.41) is 0. The first-order valence-corrected chi connectivity index (χ1v) is 8.72. The Bertz CT molecular complexity index is 717. The molecule has 1 aliphatic heterocycles. The van der Waals surface area contributed by atoms with Gasteiger partial charge < -0.3 is 18.8 Å². The number of ether oxygens (including phenoxy) is 2. The van der Waals surface area contributed by atoms with Crippen LogP contribution >= 0.6 is 0 Å². The van der Waals surface area contributed by atoms with Gasteiger partial charge in [0.2, 0.25) is 11.8 Å². The first-order valence-electron chi connectivity index (χ1n) is 8.72. The van der Waals surface area contributed by atoms with E-state index in [1.165, 1.54) is 12.1 Å². The Kier molecular flexibility index (Phi) is 6.35. The van der Waals surface area contributed by atoms with E-state index < -0.39 is 0 Å². The third kappa shape index (κ3) is 4.68. The van der Waals surface area contributed by atoms with Gasteiger partial charge in [-0.15, -0.1) is 0 Å². The van der Waals surface area contributed by atoms with Crippen LogP contribution in [0.3, 0.4) is 0 Å². The molecule has 1 amide bonds. The van der Waals surface area contributed by atoms with E-state index in [1.54, 1.807) is 30.3 Å². The average molecular weight is 362 g/mol. The monoisotopic (exact) mass is 362 g/mol. The van der Waals surface area contributed by atoms with Crippen LogP contribution in [0.25, 0.3) is 0 Å². The maximum absolute atomic E-state index is 13.0. The van der Waals surface area contributed by atoms with Crippen LogP contribution in [0.1, 0.15) is 36.1 Å². The molecule has 1 aromatic heterocycles. The first-order chi connectivity index (χ1) is 12.7. The number of hydrogen-bond donors (Lipinski definition) is 0. The first kappa shape index (κ1) is 18.5.